The van der Waals surface area contributed by atoms with Crippen molar-refractivity contribution in [3.8, 4) is 0 Å². The number of unbranched alkanes of at least 4 members (excludes halogenated alkanes) is 8. The Kier molecular flexibility index (Phi) is 19.1. The first-order valence-corrected chi connectivity index (χ1v) is 12.1. The van der Waals surface area contributed by atoms with Crippen molar-refractivity contribution in [3.63, 3.8) is 0 Å². The Labute approximate surface area is 170 Å². The van der Waals surface area contributed by atoms with Crippen molar-refractivity contribution in [1.29, 1.82) is 0 Å². The van der Waals surface area contributed by atoms with E-state index in [2.05, 4.69) is 27.7 Å². The van der Waals surface area contributed by atoms with E-state index in [-0.39, 0.29) is 12.2 Å². The summed E-state index contributed by atoms with van der Waals surface area (Å²) in [6, 6.07) is 0. The average molecular weight is 387 g/mol. The topological polar surface area (TPSA) is 49.7 Å². The van der Waals surface area contributed by atoms with Crippen LogP contribution in [0, 0.1) is 0 Å². The smallest absolute Gasteiger partial charge is 0.0838 e. The highest BCUT2D eigenvalue weighted by Gasteiger charge is 2.26. The van der Waals surface area contributed by atoms with Gasteiger partial charge in [-0.1, -0.05) is 105 Å². The summed E-state index contributed by atoms with van der Waals surface area (Å²) in [5, 5.41) is 21.3. The van der Waals surface area contributed by atoms with Crippen LogP contribution in [0.1, 0.15) is 130 Å². The van der Waals surface area contributed by atoms with Crippen LogP contribution >= 0.6 is 0 Å². The molecule has 0 aliphatic heterocycles. The van der Waals surface area contributed by atoms with E-state index in [1.807, 2.05) is 0 Å². The molecule has 0 radical (unpaired) electrons. The van der Waals surface area contributed by atoms with Crippen LogP contribution in [-0.4, -0.2) is 34.6 Å². The zero-order valence-electron chi connectivity index (χ0n) is 18.9. The quantitative estimate of drug-likeness (QED) is 0.227. The van der Waals surface area contributed by atoms with Crippen LogP contribution in [-0.2, 0) is 4.74 Å². The summed E-state index contributed by atoms with van der Waals surface area (Å²) in [6.45, 7) is 8.73. The fourth-order valence-electron chi connectivity index (χ4n) is 3.78. The summed E-state index contributed by atoms with van der Waals surface area (Å²) < 4.78 is 6.31. The van der Waals surface area contributed by atoms with Gasteiger partial charge in [0.05, 0.1) is 24.4 Å². The van der Waals surface area contributed by atoms with Gasteiger partial charge in [-0.15, -0.1) is 0 Å². The minimum atomic E-state index is -0.400. The van der Waals surface area contributed by atoms with Crippen LogP contribution < -0.4 is 0 Å². The minimum Gasteiger partial charge on any atom is -0.390 e. The first kappa shape index (κ1) is 26.9. The lowest BCUT2D eigenvalue weighted by Gasteiger charge is -2.31. The van der Waals surface area contributed by atoms with Gasteiger partial charge in [-0.2, -0.15) is 0 Å². The summed E-state index contributed by atoms with van der Waals surface area (Å²) in [4.78, 5) is 0. The van der Waals surface area contributed by atoms with Gasteiger partial charge in [0.25, 0.3) is 0 Å². The zero-order chi connectivity index (χ0) is 20.3. The minimum absolute atomic E-state index is 0.132. The summed E-state index contributed by atoms with van der Waals surface area (Å²) in [7, 11) is 0. The van der Waals surface area contributed by atoms with E-state index in [1.165, 1.54) is 51.4 Å². The molecule has 0 aliphatic carbocycles. The van der Waals surface area contributed by atoms with Gasteiger partial charge in [-0.25, -0.2) is 0 Å². The number of aliphatic hydroxyl groups is 2. The lowest BCUT2D eigenvalue weighted by Crippen LogP contribution is -2.38. The van der Waals surface area contributed by atoms with Gasteiger partial charge in [-0.3, -0.25) is 0 Å². The molecule has 0 aromatic rings. The first-order chi connectivity index (χ1) is 13.1. The third-order valence-corrected chi connectivity index (χ3v) is 5.56. The van der Waals surface area contributed by atoms with Crippen LogP contribution in [0.25, 0.3) is 0 Å². The molecule has 0 saturated heterocycles. The molecule has 0 aromatic carbocycles. The fraction of sp³-hybridized carbons (Fsp3) is 1.00. The SMILES string of the molecule is CCCCCCCC(O)C(CCC)OC(CCC)C(O)CCCCCCC. The number of hydrogen-bond donors (Lipinski definition) is 2. The molecule has 4 unspecified atom stereocenters. The molecule has 2 N–H and O–H groups in total. The van der Waals surface area contributed by atoms with E-state index < -0.39 is 12.2 Å². The van der Waals surface area contributed by atoms with E-state index in [1.54, 1.807) is 0 Å². The van der Waals surface area contributed by atoms with Crippen molar-refractivity contribution in [3.05, 3.63) is 0 Å². The molecule has 0 amide bonds. The first-order valence-electron chi connectivity index (χ1n) is 12.1. The molecule has 0 aromatic heterocycles. The van der Waals surface area contributed by atoms with Crippen LogP contribution in [0.4, 0.5) is 0 Å². The van der Waals surface area contributed by atoms with E-state index in [9.17, 15) is 10.2 Å². The molecule has 164 valence electrons. The highest BCUT2D eigenvalue weighted by Crippen LogP contribution is 2.22. The van der Waals surface area contributed by atoms with Crippen LogP contribution in [0.3, 0.4) is 0 Å². The molecular weight excluding hydrogens is 336 g/mol. The zero-order valence-corrected chi connectivity index (χ0v) is 18.9. The third-order valence-electron chi connectivity index (χ3n) is 5.56. The van der Waals surface area contributed by atoms with Crippen molar-refractivity contribution >= 4 is 0 Å². The van der Waals surface area contributed by atoms with Gasteiger partial charge < -0.3 is 14.9 Å². The number of rotatable bonds is 20. The number of hydrogen-bond acceptors (Lipinski definition) is 3. The second kappa shape index (κ2) is 19.2. The molecule has 3 heteroatoms. The molecular formula is C24H50O3. The van der Waals surface area contributed by atoms with Gasteiger partial charge in [0.2, 0.25) is 0 Å². The molecule has 0 spiro atoms. The lowest BCUT2D eigenvalue weighted by molar-refractivity contribution is -0.124. The molecule has 0 heterocycles. The van der Waals surface area contributed by atoms with Crippen molar-refractivity contribution in [2.24, 2.45) is 0 Å². The predicted molar refractivity (Wildman–Crippen MR) is 117 cm³/mol. The molecule has 0 aliphatic rings. The van der Waals surface area contributed by atoms with E-state index in [4.69, 9.17) is 4.74 Å². The Morgan fingerprint density at radius 2 is 0.852 bits per heavy atom. The lowest BCUT2D eigenvalue weighted by atomic mass is 9.99. The largest absolute Gasteiger partial charge is 0.390 e. The van der Waals surface area contributed by atoms with Crippen molar-refractivity contribution in [2.75, 3.05) is 0 Å². The Hall–Kier alpha value is -0.120. The maximum absolute atomic E-state index is 10.7. The molecule has 0 saturated carbocycles. The molecule has 0 rings (SSSR count). The Balaban J connectivity index is 4.43. The molecule has 0 fully saturated rings. The van der Waals surface area contributed by atoms with Crippen LogP contribution in [0.5, 0.6) is 0 Å². The van der Waals surface area contributed by atoms with Crippen LogP contribution in [0.15, 0.2) is 0 Å². The second-order valence-electron chi connectivity index (χ2n) is 8.33. The normalized spacial score (nSPS) is 16.2. The van der Waals surface area contributed by atoms with Crippen molar-refractivity contribution < 1.29 is 14.9 Å². The monoisotopic (exact) mass is 386 g/mol. The molecule has 3 nitrogen and oxygen atoms in total. The molecule has 4 atom stereocenters. The summed E-state index contributed by atoms with van der Waals surface area (Å²) in [6.07, 6.45) is 16.5. The van der Waals surface area contributed by atoms with E-state index in [0.29, 0.717) is 0 Å². The highest BCUT2D eigenvalue weighted by molar-refractivity contribution is 4.76. The second-order valence-corrected chi connectivity index (χ2v) is 8.33. The summed E-state index contributed by atoms with van der Waals surface area (Å²) in [5.41, 5.74) is 0. The Bertz CT molecular complexity index is 267. The standard InChI is InChI=1S/C24H50O3/c1-5-9-11-13-15-19-21(25)23(17-7-3)27-24(18-8-4)22(26)20-16-14-12-10-6-2/h21-26H,5-20H2,1-4H3. The van der Waals surface area contributed by atoms with E-state index >= 15 is 0 Å². The Morgan fingerprint density at radius 1 is 0.481 bits per heavy atom. The highest BCUT2D eigenvalue weighted by atomic mass is 16.5. The maximum Gasteiger partial charge on any atom is 0.0838 e. The third kappa shape index (κ3) is 14.5. The van der Waals surface area contributed by atoms with Gasteiger partial charge >= 0.3 is 0 Å². The fourth-order valence-corrected chi connectivity index (χ4v) is 3.78. The van der Waals surface area contributed by atoms with Gasteiger partial charge in [0.1, 0.15) is 0 Å². The average Bonchev–Trinajstić information content (AvgIpc) is 2.66. The number of ether oxygens (including phenoxy) is 1. The molecule has 27 heavy (non-hydrogen) atoms. The van der Waals surface area contributed by atoms with Crippen molar-refractivity contribution in [2.45, 2.75) is 155 Å². The van der Waals surface area contributed by atoms with Crippen LogP contribution in [0.2, 0.25) is 0 Å². The summed E-state index contributed by atoms with van der Waals surface area (Å²) >= 11 is 0. The maximum atomic E-state index is 10.7. The van der Waals surface area contributed by atoms with Gasteiger partial charge in [-0.05, 0) is 25.7 Å². The van der Waals surface area contributed by atoms with Gasteiger partial charge in [0, 0.05) is 0 Å². The van der Waals surface area contributed by atoms with E-state index in [0.717, 1.165) is 51.4 Å². The van der Waals surface area contributed by atoms with Gasteiger partial charge in [0.15, 0.2) is 0 Å². The molecule has 0 bridgehead atoms. The predicted octanol–water partition coefficient (Wildman–Crippen LogP) is 6.78. The number of aliphatic hydroxyl groups excluding tert-OH is 2. The van der Waals surface area contributed by atoms with Crippen molar-refractivity contribution in [1.82, 2.24) is 0 Å². The Morgan fingerprint density at radius 3 is 1.19 bits per heavy atom. The summed E-state index contributed by atoms with van der Waals surface area (Å²) in [5.74, 6) is 0.